The zero-order chi connectivity index (χ0) is 32.9. The lowest BCUT2D eigenvalue weighted by molar-refractivity contribution is -0.139. The van der Waals surface area contributed by atoms with Gasteiger partial charge in [-0.05, 0) is 86.2 Å². The van der Waals surface area contributed by atoms with Crippen LogP contribution in [0.2, 0.25) is 0 Å². The Morgan fingerprint density at radius 1 is 1.09 bits per heavy atom. The molecule has 1 saturated carbocycles. The highest BCUT2D eigenvalue weighted by molar-refractivity contribution is 9.10. The molecular formula is C35H37BrN8O3. The standard InChI is InChI=1S/C35H37BrN8O3/c1-21(45)34-25-12-26(24-16-37-22(2)38-17-24)39-18-29(25)43(41-34)19-33(47)44-28-14-35(15-31(35)44)20-42(3)11-7-5-4-6-8-23-9-10-32(36)40-27(23)13-30(28)46/h4,6,9-10,12,16-18,28,31H,5,7-8,11,13-15,19-20H2,1-3H3/t28-,31+,35-/m0/s1. The highest BCUT2D eigenvalue weighted by atomic mass is 79.9. The van der Waals surface area contributed by atoms with E-state index in [1.807, 2.05) is 24.0 Å². The average molecular weight is 698 g/mol. The van der Waals surface area contributed by atoms with Crippen molar-refractivity contribution in [2.45, 2.75) is 71.0 Å². The predicted molar refractivity (Wildman–Crippen MR) is 180 cm³/mol. The van der Waals surface area contributed by atoms with E-state index in [0.29, 0.717) is 39.9 Å². The van der Waals surface area contributed by atoms with Gasteiger partial charge in [0.25, 0.3) is 0 Å². The number of piperidine rings is 1. The number of amides is 1. The third kappa shape index (κ3) is 6.16. The Balaban J connectivity index is 1.21. The molecule has 242 valence electrons. The molecule has 1 aliphatic carbocycles. The molecule has 0 N–H and O–H groups in total. The second kappa shape index (κ2) is 12.5. The summed E-state index contributed by atoms with van der Waals surface area (Å²) >= 11 is 3.48. The Morgan fingerprint density at radius 3 is 2.68 bits per heavy atom. The van der Waals surface area contributed by atoms with Crippen molar-refractivity contribution in [1.82, 2.24) is 39.5 Å². The Kier molecular flexibility index (Phi) is 8.33. The summed E-state index contributed by atoms with van der Waals surface area (Å²) in [4.78, 5) is 63.1. The first kappa shape index (κ1) is 31.4. The van der Waals surface area contributed by atoms with Crippen LogP contribution >= 0.6 is 15.9 Å². The minimum Gasteiger partial charge on any atom is -0.327 e. The summed E-state index contributed by atoms with van der Waals surface area (Å²) in [5, 5.41) is 5.20. The van der Waals surface area contributed by atoms with Crippen molar-refractivity contribution in [1.29, 1.82) is 0 Å². The first-order valence-corrected chi connectivity index (χ1v) is 16.9. The van der Waals surface area contributed by atoms with Crippen molar-refractivity contribution in [3.05, 3.63) is 76.3 Å². The molecule has 0 radical (unpaired) electrons. The van der Waals surface area contributed by atoms with Crippen LogP contribution in [0.3, 0.4) is 0 Å². The summed E-state index contributed by atoms with van der Waals surface area (Å²) in [6.45, 7) is 4.96. The molecule has 1 spiro atoms. The minimum absolute atomic E-state index is 0.000321. The SMILES string of the molecule is CC(=O)c1nn(CC(=O)N2[C@H]3C[C@]4(C[C@@H]24)CN(C)CCCC=CCc2ccc(Br)nc2CC3=O)c2cnc(-c3cnc(C)nc3)cc12. The Hall–Kier alpha value is -4.16. The van der Waals surface area contributed by atoms with Crippen LogP contribution in [0.15, 0.2) is 53.5 Å². The smallest absolute Gasteiger partial charge is 0.245 e. The van der Waals surface area contributed by atoms with Crippen molar-refractivity contribution < 1.29 is 14.4 Å². The van der Waals surface area contributed by atoms with Crippen molar-refractivity contribution in [3.8, 4) is 11.3 Å². The van der Waals surface area contributed by atoms with Crippen LogP contribution in [0.25, 0.3) is 22.2 Å². The Labute approximate surface area is 281 Å². The van der Waals surface area contributed by atoms with E-state index in [2.05, 4.69) is 65.1 Å². The van der Waals surface area contributed by atoms with E-state index >= 15 is 0 Å². The maximum absolute atomic E-state index is 14.3. The van der Waals surface area contributed by atoms with E-state index in [1.54, 1.807) is 29.3 Å². The molecule has 1 saturated heterocycles. The van der Waals surface area contributed by atoms with Gasteiger partial charge in [0.05, 0.1) is 35.6 Å². The number of hydrogen-bond acceptors (Lipinski definition) is 9. The number of aryl methyl sites for hydroxylation is 1. The number of allylic oxidation sites excluding steroid dienone is 2. The average Bonchev–Trinajstić information content (AvgIpc) is 3.44. The first-order valence-electron chi connectivity index (χ1n) is 16.1. The maximum Gasteiger partial charge on any atom is 0.245 e. The lowest BCUT2D eigenvalue weighted by Crippen LogP contribution is -2.45. The number of pyridine rings is 2. The fourth-order valence-electron chi connectivity index (χ4n) is 7.38. The number of rotatable bonds is 4. The Bertz CT molecular complexity index is 1920. The number of fused-ring (bicyclic) bond motifs is 3. The molecule has 2 bridgehead atoms. The lowest BCUT2D eigenvalue weighted by atomic mass is 9.94. The summed E-state index contributed by atoms with van der Waals surface area (Å²) in [6, 6.07) is 5.16. The maximum atomic E-state index is 14.3. The fraction of sp³-hybridized carbons (Fsp3) is 0.429. The molecule has 3 aliphatic rings. The van der Waals surface area contributed by atoms with Gasteiger partial charge in [-0.1, -0.05) is 18.2 Å². The van der Waals surface area contributed by atoms with Crippen molar-refractivity contribution in [3.63, 3.8) is 0 Å². The minimum atomic E-state index is -0.552. The molecule has 4 aromatic heterocycles. The number of Topliss-reactive ketones (excluding diaryl/α,β-unsaturated/α-hetero) is 2. The third-order valence-corrected chi connectivity index (χ3v) is 10.2. The molecule has 12 heteroatoms. The van der Waals surface area contributed by atoms with Crippen LogP contribution in [0.1, 0.15) is 60.2 Å². The second-order valence-corrected chi connectivity index (χ2v) is 14.0. The number of aromatic nitrogens is 6. The number of carbonyl (C=O) groups excluding carboxylic acids is 3. The van der Waals surface area contributed by atoms with Gasteiger partial charge in [-0.3, -0.25) is 24.0 Å². The number of halogens is 1. The third-order valence-electron chi connectivity index (χ3n) is 9.79. The molecule has 1 amide bonds. The van der Waals surface area contributed by atoms with Crippen LogP contribution < -0.4 is 0 Å². The molecule has 2 fully saturated rings. The number of nitrogens with zero attached hydrogens (tertiary/aromatic N) is 8. The van der Waals surface area contributed by atoms with Crippen LogP contribution in [0, 0.1) is 12.3 Å². The fourth-order valence-corrected chi connectivity index (χ4v) is 7.73. The number of likely N-dealkylation sites (tertiary alicyclic amines) is 1. The number of ketones is 2. The molecular weight excluding hydrogens is 660 g/mol. The topological polar surface area (TPSA) is 127 Å². The van der Waals surface area contributed by atoms with Gasteiger partial charge in [0.15, 0.2) is 11.6 Å². The van der Waals surface area contributed by atoms with Crippen LogP contribution in [0.4, 0.5) is 0 Å². The van der Waals surface area contributed by atoms with E-state index in [1.165, 1.54) is 6.92 Å². The normalized spacial score (nSPS) is 23.2. The highest BCUT2D eigenvalue weighted by Gasteiger charge is 2.66. The number of carbonyl (C=O) groups is 3. The summed E-state index contributed by atoms with van der Waals surface area (Å²) in [6.07, 6.45) is 13.8. The van der Waals surface area contributed by atoms with E-state index in [0.717, 1.165) is 49.2 Å². The molecule has 2 aliphatic heterocycles. The van der Waals surface area contributed by atoms with Gasteiger partial charge in [-0.15, -0.1) is 0 Å². The highest BCUT2D eigenvalue weighted by Crippen LogP contribution is 2.60. The van der Waals surface area contributed by atoms with Gasteiger partial charge in [0, 0.05) is 48.3 Å². The molecule has 0 unspecified atom stereocenters. The molecule has 4 aromatic rings. The summed E-state index contributed by atoms with van der Waals surface area (Å²) < 4.78 is 2.24. The van der Waals surface area contributed by atoms with Gasteiger partial charge in [0.2, 0.25) is 5.91 Å². The molecule has 3 atom stereocenters. The van der Waals surface area contributed by atoms with Crippen molar-refractivity contribution >= 4 is 44.3 Å². The predicted octanol–water partition coefficient (Wildman–Crippen LogP) is 4.55. The van der Waals surface area contributed by atoms with Crippen LogP contribution in [-0.4, -0.2) is 89.2 Å². The zero-order valence-electron chi connectivity index (χ0n) is 26.8. The molecule has 11 nitrogen and oxygen atoms in total. The lowest BCUT2D eigenvalue weighted by Gasteiger charge is -2.27. The van der Waals surface area contributed by atoms with Crippen LogP contribution in [-0.2, 0) is 29.0 Å². The summed E-state index contributed by atoms with van der Waals surface area (Å²) in [5.41, 5.74) is 3.82. The monoisotopic (exact) mass is 696 g/mol. The molecule has 7 rings (SSSR count). The van der Waals surface area contributed by atoms with Gasteiger partial charge < -0.3 is 9.80 Å². The number of hydrogen-bond donors (Lipinski definition) is 0. The molecule has 47 heavy (non-hydrogen) atoms. The van der Waals surface area contributed by atoms with Crippen LogP contribution in [0.5, 0.6) is 0 Å². The quantitative estimate of drug-likeness (QED) is 0.172. The molecule has 6 heterocycles. The first-order chi connectivity index (χ1) is 22.6. The second-order valence-electron chi connectivity index (χ2n) is 13.2. The summed E-state index contributed by atoms with van der Waals surface area (Å²) in [7, 11) is 2.13. The van der Waals surface area contributed by atoms with E-state index in [-0.39, 0.29) is 47.6 Å². The van der Waals surface area contributed by atoms with Gasteiger partial charge in [0.1, 0.15) is 22.7 Å². The van der Waals surface area contributed by atoms with Gasteiger partial charge in [-0.25, -0.2) is 15.0 Å². The van der Waals surface area contributed by atoms with Gasteiger partial charge in [-0.2, -0.15) is 5.10 Å². The molecule has 0 aromatic carbocycles. The van der Waals surface area contributed by atoms with E-state index in [4.69, 9.17) is 0 Å². The van der Waals surface area contributed by atoms with E-state index < -0.39 is 6.04 Å². The Morgan fingerprint density at radius 2 is 1.89 bits per heavy atom. The zero-order valence-corrected chi connectivity index (χ0v) is 28.4. The van der Waals surface area contributed by atoms with Crippen molar-refractivity contribution in [2.75, 3.05) is 20.1 Å². The van der Waals surface area contributed by atoms with Gasteiger partial charge >= 0.3 is 0 Å². The van der Waals surface area contributed by atoms with Crippen molar-refractivity contribution in [2.24, 2.45) is 5.41 Å². The largest absolute Gasteiger partial charge is 0.327 e. The van der Waals surface area contributed by atoms with E-state index in [9.17, 15) is 14.4 Å². The summed E-state index contributed by atoms with van der Waals surface area (Å²) in [5.74, 6) is 0.254.